The molecule has 1 aromatic carbocycles. The summed E-state index contributed by atoms with van der Waals surface area (Å²) in [6.45, 7) is 3.03. The van der Waals surface area contributed by atoms with Crippen molar-refractivity contribution in [2.45, 2.75) is 51.1 Å². The number of hydrogen-bond donors (Lipinski definition) is 2. The summed E-state index contributed by atoms with van der Waals surface area (Å²) in [5.74, 6) is 1.07. The number of nitrogens with one attached hydrogen (secondary N) is 2. The van der Waals surface area contributed by atoms with E-state index in [1.807, 2.05) is 12.1 Å². The Balaban J connectivity index is 1.69. The maximum atomic E-state index is 11.6. The maximum absolute atomic E-state index is 11.6. The molecule has 0 heterocycles. The van der Waals surface area contributed by atoms with E-state index in [9.17, 15) is 4.79 Å². The highest BCUT2D eigenvalue weighted by Crippen LogP contribution is 2.20. The Hall–Kier alpha value is -1.55. The van der Waals surface area contributed by atoms with Gasteiger partial charge in [-0.2, -0.15) is 0 Å². The van der Waals surface area contributed by atoms with E-state index in [0.29, 0.717) is 18.5 Å². The van der Waals surface area contributed by atoms with Gasteiger partial charge < -0.3 is 15.4 Å². The number of rotatable bonds is 9. The topological polar surface area (TPSA) is 50.4 Å². The van der Waals surface area contributed by atoms with E-state index < -0.39 is 0 Å². The summed E-state index contributed by atoms with van der Waals surface area (Å²) >= 11 is 0. The Labute approximate surface area is 127 Å². The predicted molar refractivity (Wildman–Crippen MR) is 84.4 cm³/mol. The molecule has 4 heteroatoms. The van der Waals surface area contributed by atoms with E-state index >= 15 is 0 Å². The molecule has 1 aromatic rings. The van der Waals surface area contributed by atoms with E-state index in [-0.39, 0.29) is 5.91 Å². The number of carbonyl (C=O) groups excluding carboxylic acids is 1. The molecule has 1 saturated carbocycles. The third-order valence-electron chi connectivity index (χ3n) is 3.84. The highest BCUT2D eigenvalue weighted by Gasteiger charge is 2.22. The average molecular weight is 290 g/mol. The minimum Gasteiger partial charge on any atom is -0.497 e. The Kier molecular flexibility index (Phi) is 6.05. The molecule has 0 aliphatic heterocycles. The van der Waals surface area contributed by atoms with E-state index in [4.69, 9.17) is 4.74 Å². The van der Waals surface area contributed by atoms with Crippen LogP contribution in [-0.2, 0) is 4.79 Å². The van der Waals surface area contributed by atoms with Crippen molar-refractivity contribution >= 4 is 5.91 Å². The van der Waals surface area contributed by atoms with E-state index in [1.54, 1.807) is 7.11 Å². The first-order valence-corrected chi connectivity index (χ1v) is 7.89. The normalized spacial score (nSPS) is 15.5. The van der Waals surface area contributed by atoms with E-state index in [2.05, 4.69) is 29.7 Å². The molecule has 2 N–H and O–H groups in total. The van der Waals surface area contributed by atoms with Crippen molar-refractivity contribution < 1.29 is 9.53 Å². The first kappa shape index (κ1) is 15.8. The second-order valence-corrected chi connectivity index (χ2v) is 5.63. The van der Waals surface area contributed by atoms with Crippen LogP contribution in [0.4, 0.5) is 0 Å². The third kappa shape index (κ3) is 5.38. The van der Waals surface area contributed by atoms with Crippen LogP contribution in [0.3, 0.4) is 0 Å². The summed E-state index contributed by atoms with van der Waals surface area (Å²) in [7, 11) is 1.68. The molecule has 1 amide bonds. The Bertz CT molecular complexity index is 441. The molecule has 0 bridgehead atoms. The quantitative estimate of drug-likeness (QED) is 0.688. The van der Waals surface area contributed by atoms with Gasteiger partial charge >= 0.3 is 0 Å². The lowest BCUT2D eigenvalue weighted by molar-refractivity contribution is -0.121. The van der Waals surface area contributed by atoms with Crippen LogP contribution in [0, 0.1) is 0 Å². The minimum atomic E-state index is 0.191. The standard InChI is InChI=1S/C17H26N2O2/c1-3-16(13-6-10-15(21-2)11-7-13)18-12-4-5-17(20)19-14-8-9-14/h6-7,10-11,14,16,18H,3-5,8-9,12H2,1-2H3,(H,19,20). The lowest BCUT2D eigenvalue weighted by atomic mass is 10.0. The molecule has 0 saturated heterocycles. The Morgan fingerprint density at radius 1 is 1.33 bits per heavy atom. The Morgan fingerprint density at radius 3 is 2.62 bits per heavy atom. The smallest absolute Gasteiger partial charge is 0.220 e. The van der Waals surface area contributed by atoms with Crippen LogP contribution in [-0.4, -0.2) is 25.6 Å². The summed E-state index contributed by atoms with van der Waals surface area (Å²) < 4.78 is 5.18. The van der Waals surface area contributed by atoms with Crippen molar-refractivity contribution in [2.75, 3.05) is 13.7 Å². The molecule has 116 valence electrons. The SMILES string of the molecule is CCC(NCCCC(=O)NC1CC1)c1ccc(OC)cc1. The summed E-state index contributed by atoms with van der Waals surface area (Å²) in [4.78, 5) is 11.6. The molecular weight excluding hydrogens is 264 g/mol. The molecule has 4 nitrogen and oxygen atoms in total. The molecule has 0 spiro atoms. The second-order valence-electron chi connectivity index (χ2n) is 5.63. The van der Waals surface area contributed by atoms with Crippen LogP contribution >= 0.6 is 0 Å². The van der Waals surface area contributed by atoms with Crippen LogP contribution in [0.25, 0.3) is 0 Å². The van der Waals surface area contributed by atoms with Gasteiger partial charge in [0.25, 0.3) is 0 Å². The fourth-order valence-corrected chi connectivity index (χ4v) is 2.39. The minimum absolute atomic E-state index is 0.191. The zero-order valence-corrected chi connectivity index (χ0v) is 13.0. The van der Waals surface area contributed by atoms with Gasteiger partial charge in [-0.25, -0.2) is 0 Å². The summed E-state index contributed by atoms with van der Waals surface area (Å²) in [5, 5.41) is 6.55. The third-order valence-corrected chi connectivity index (χ3v) is 3.84. The molecule has 1 aliphatic carbocycles. The van der Waals surface area contributed by atoms with Gasteiger partial charge in [-0.1, -0.05) is 19.1 Å². The molecule has 1 unspecified atom stereocenters. The summed E-state index contributed by atoms with van der Waals surface area (Å²) in [6, 6.07) is 8.97. The lowest BCUT2D eigenvalue weighted by Crippen LogP contribution is -2.27. The summed E-state index contributed by atoms with van der Waals surface area (Å²) in [6.07, 6.45) is 4.83. The largest absolute Gasteiger partial charge is 0.497 e. The van der Waals surface area contributed by atoms with E-state index in [0.717, 1.165) is 38.0 Å². The molecule has 1 aliphatic rings. The van der Waals surface area contributed by atoms with Crippen LogP contribution in [0.1, 0.15) is 50.6 Å². The van der Waals surface area contributed by atoms with Gasteiger partial charge in [0.05, 0.1) is 7.11 Å². The van der Waals surface area contributed by atoms with Gasteiger partial charge in [0.1, 0.15) is 5.75 Å². The number of carbonyl (C=O) groups is 1. The number of methoxy groups -OCH3 is 1. The average Bonchev–Trinajstić information content (AvgIpc) is 3.31. The number of ether oxygens (including phenoxy) is 1. The van der Waals surface area contributed by atoms with Crippen molar-refractivity contribution in [3.8, 4) is 5.75 Å². The highest BCUT2D eigenvalue weighted by atomic mass is 16.5. The fraction of sp³-hybridized carbons (Fsp3) is 0.588. The predicted octanol–water partition coefficient (Wildman–Crippen LogP) is 2.79. The second kappa shape index (κ2) is 8.03. The molecule has 1 atom stereocenters. The number of benzene rings is 1. The molecule has 1 fully saturated rings. The molecular formula is C17H26N2O2. The number of hydrogen-bond acceptors (Lipinski definition) is 3. The van der Waals surface area contributed by atoms with Gasteiger partial charge in [-0.3, -0.25) is 4.79 Å². The Morgan fingerprint density at radius 2 is 2.05 bits per heavy atom. The van der Waals surface area contributed by atoms with E-state index in [1.165, 1.54) is 5.56 Å². The van der Waals surface area contributed by atoms with Crippen molar-refractivity contribution in [3.63, 3.8) is 0 Å². The molecule has 2 rings (SSSR count). The molecule has 0 radical (unpaired) electrons. The van der Waals surface area contributed by atoms with Crippen LogP contribution < -0.4 is 15.4 Å². The van der Waals surface area contributed by atoms with Crippen LogP contribution in [0.2, 0.25) is 0 Å². The van der Waals surface area contributed by atoms with Crippen LogP contribution in [0.15, 0.2) is 24.3 Å². The van der Waals surface area contributed by atoms with Crippen molar-refractivity contribution in [1.29, 1.82) is 0 Å². The van der Waals surface area contributed by atoms with Crippen molar-refractivity contribution in [3.05, 3.63) is 29.8 Å². The maximum Gasteiger partial charge on any atom is 0.220 e. The zero-order valence-electron chi connectivity index (χ0n) is 13.0. The van der Waals surface area contributed by atoms with Gasteiger partial charge in [0.2, 0.25) is 5.91 Å². The lowest BCUT2D eigenvalue weighted by Gasteiger charge is -2.17. The highest BCUT2D eigenvalue weighted by molar-refractivity contribution is 5.76. The molecule has 0 aromatic heterocycles. The van der Waals surface area contributed by atoms with Gasteiger partial charge in [-0.05, 0) is 49.9 Å². The van der Waals surface area contributed by atoms with Crippen molar-refractivity contribution in [1.82, 2.24) is 10.6 Å². The summed E-state index contributed by atoms with van der Waals surface area (Å²) in [5.41, 5.74) is 1.26. The van der Waals surface area contributed by atoms with Crippen molar-refractivity contribution in [2.24, 2.45) is 0 Å². The van der Waals surface area contributed by atoms with Gasteiger partial charge in [-0.15, -0.1) is 0 Å². The van der Waals surface area contributed by atoms with Gasteiger partial charge in [0.15, 0.2) is 0 Å². The van der Waals surface area contributed by atoms with Crippen LogP contribution in [0.5, 0.6) is 5.75 Å². The zero-order chi connectivity index (χ0) is 15.1. The molecule has 21 heavy (non-hydrogen) atoms. The fourth-order valence-electron chi connectivity index (χ4n) is 2.39. The first-order chi connectivity index (χ1) is 10.2. The first-order valence-electron chi connectivity index (χ1n) is 7.89. The monoisotopic (exact) mass is 290 g/mol. The number of amides is 1. The van der Waals surface area contributed by atoms with Gasteiger partial charge in [0, 0.05) is 18.5 Å².